The number of halogens is 1. The summed E-state index contributed by atoms with van der Waals surface area (Å²) < 4.78 is 0. The molecule has 1 aromatic carbocycles. The highest BCUT2D eigenvalue weighted by atomic mass is 35.5. The van der Waals surface area contributed by atoms with E-state index in [0.29, 0.717) is 18.4 Å². The van der Waals surface area contributed by atoms with Crippen molar-refractivity contribution in [3.8, 4) is 0 Å². The molecule has 2 rings (SSSR count). The van der Waals surface area contributed by atoms with Crippen LogP contribution in [0.25, 0.3) is 0 Å². The number of carbonyl (C=O) groups excluding carboxylic acids is 1. The molecule has 1 fully saturated rings. The van der Waals surface area contributed by atoms with Gasteiger partial charge in [0.1, 0.15) is 0 Å². The minimum Gasteiger partial charge on any atom is -0.340 e. The summed E-state index contributed by atoms with van der Waals surface area (Å²) in [5.74, 6) is 0.306. The molecule has 1 aliphatic heterocycles. The van der Waals surface area contributed by atoms with Crippen LogP contribution >= 0.6 is 12.4 Å². The van der Waals surface area contributed by atoms with Crippen molar-refractivity contribution in [2.75, 3.05) is 19.6 Å². The molecule has 3 nitrogen and oxygen atoms in total. The summed E-state index contributed by atoms with van der Waals surface area (Å²) >= 11 is 0. The van der Waals surface area contributed by atoms with Gasteiger partial charge in [-0.2, -0.15) is 0 Å². The van der Waals surface area contributed by atoms with Gasteiger partial charge in [0.15, 0.2) is 0 Å². The molecule has 4 heteroatoms. The predicted molar refractivity (Wildman–Crippen MR) is 85.4 cm³/mol. The second-order valence-corrected chi connectivity index (χ2v) is 5.53. The first-order chi connectivity index (χ1) is 9.15. The average molecular weight is 297 g/mol. The summed E-state index contributed by atoms with van der Waals surface area (Å²) in [7, 11) is 0. The Morgan fingerprint density at radius 2 is 2.05 bits per heavy atom. The second kappa shape index (κ2) is 8.28. The van der Waals surface area contributed by atoms with Gasteiger partial charge in [0, 0.05) is 32.1 Å². The Kier molecular flexibility index (Phi) is 7.03. The number of hydrogen-bond donors (Lipinski definition) is 1. The largest absolute Gasteiger partial charge is 0.340 e. The molecule has 1 saturated heterocycles. The molecule has 0 radical (unpaired) electrons. The summed E-state index contributed by atoms with van der Waals surface area (Å²) in [6.07, 6.45) is 2.61. The van der Waals surface area contributed by atoms with E-state index >= 15 is 0 Å². The molecule has 112 valence electrons. The summed E-state index contributed by atoms with van der Waals surface area (Å²) in [5.41, 5.74) is 2.61. The minimum atomic E-state index is 0. The van der Waals surface area contributed by atoms with Crippen molar-refractivity contribution in [1.82, 2.24) is 10.2 Å². The third-order valence-electron chi connectivity index (χ3n) is 3.70. The predicted octanol–water partition coefficient (Wildman–Crippen LogP) is 2.56. The standard InChI is InChI=1S/C16H24N2O.ClH/c1-13-6-8-15(9-7-13)4-3-5-16(19)18-11-10-17-14(2)12-18;/h6-9,14,17H,3-5,10-12H2,1-2H3;1H. The highest BCUT2D eigenvalue weighted by Gasteiger charge is 2.19. The van der Waals surface area contributed by atoms with Crippen molar-refractivity contribution < 1.29 is 4.79 Å². The van der Waals surface area contributed by atoms with Crippen LogP contribution in [0.15, 0.2) is 24.3 Å². The first-order valence-corrected chi connectivity index (χ1v) is 7.22. The van der Waals surface area contributed by atoms with E-state index in [0.717, 1.165) is 32.5 Å². The number of aryl methyl sites for hydroxylation is 2. The maximum atomic E-state index is 12.1. The van der Waals surface area contributed by atoms with Gasteiger partial charge < -0.3 is 10.2 Å². The smallest absolute Gasteiger partial charge is 0.222 e. The van der Waals surface area contributed by atoms with Crippen LogP contribution in [0, 0.1) is 6.92 Å². The Balaban J connectivity index is 0.00000200. The van der Waals surface area contributed by atoms with Gasteiger partial charge in [-0.1, -0.05) is 29.8 Å². The van der Waals surface area contributed by atoms with Crippen molar-refractivity contribution in [3.05, 3.63) is 35.4 Å². The number of nitrogens with one attached hydrogen (secondary N) is 1. The molecule has 20 heavy (non-hydrogen) atoms. The van der Waals surface area contributed by atoms with Gasteiger partial charge in [0.2, 0.25) is 5.91 Å². The van der Waals surface area contributed by atoms with E-state index in [4.69, 9.17) is 0 Å². The molecule has 0 aromatic heterocycles. The van der Waals surface area contributed by atoms with Gasteiger partial charge in [0.25, 0.3) is 0 Å². The number of benzene rings is 1. The van der Waals surface area contributed by atoms with Crippen LogP contribution < -0.4 is 5.32 Å². The highest BCUT2D eigenvalue weighted by Crippen LogP contribution is 2.09. The second-order valence-electron chi connectivity index (χ2n) is 5.53. The normalized spacial score (nSPS) is 18.5. The lowest BCUT2D eigenvalue weighted by Crippen LogP contribution is -2.51. The van der Waals surface area contributed by atoms with Gasteiger partial charge in [-0.3, -0.25) is 4.79 Å². The molecule has 1 N–H and O–H groups in total. The summed E-state index contributed by atoms with van der Waals surface area (Å²) in [6, 6.07) is 9.01. The lowest BCUT2D eigenvalue weighted by atomic mass is 10.1. The summed E-state index contributed by atoms with van der Waals surface area (Å²) in [5, 5.41) is 3.36. The zero-order valence-corrected chi connectivity index (χ0v) is 13.2. The lowest BCUT2D eigenvalue weighted by Gasteiger charge is -2.32. The van der Waals surface area contributed by atoms with E-state index in [2.05, 4.69) is 43.4 Å². The third-order valence-corrected chi connectivity index (χ3v) is 3.70. The van der Waals surface area contributed by atoms with E-state index < -0.39 is 0 Å². The Morgan fingerprint density at radius 1 is 1.35 bits per heavy atom. The fourth-order valence-electron chi connectivity index (χ4n) is 2.52. The van der Waals surface area contributed by atoms with Gasteiger partial charge in [0.05, 0.1) is 0 Å². The zero-order valence-electron chi connectivity index (χ0n) is 12.4. The lowest BCUT2D eigenvalue weighted by molar-refractivity contribution is -0.132. The molecular weight excluding hydrogens is 272 g/mol. The van der Waals surface area contributed by atoms with Gasteiger partial charge in [-0.05, 0) is 32.3 Å². The third kappa shape index (κ3) is 5.14. The van der Waals surface area contributed by atoms with E-state index in [1.807, 2.05) is 4.90 Å². The molecule has 1 amide bonds. The van der Waals surface area contributed by atoms with Crippen molar-refractivity contribution >= 4 is 18.3 Å². The first kappa shape index (κ1) is 17.0. The Morgan fingerprint density at radius 3 is 2.70 bits per heavy atom. The van der Waals surface area contributed by atoms with Gasteiger partial charge >= 0.3 is 0 Å². The SMILES string of the molecule is Cc1ccc(CCCC(=O)N2CCNC(C)C2)cc1.Cl. The molecule has 0 saturated carbocycles. The van der Waals surface area contributed by atoms with Crippen LogP contribution in [-0.4, -0.2) is 36.5 Å². The maximum Gasteiger partial charge on any atom is 0.222 e. The van der Waals surface area contributed by atoms with E-state index in [1.165, 1.54) is 11.1 Å². The molecule has 0 bridgehead atoms. The highest BCUT2D eigenvalue weighted by molar-refractivity contribution is 5.85. The van der Waals surface area contributed by atoms with Crippen molar-refractivity contribution in [1.29, 1.82) is 0 Å². The van der Waals surface area contributed by atoms with Crippen LogP contribution in [0.2, 0.25) is 0 Å². The zero-order chi connectivity index (χ0) is 13.7. The van der Waals surface area contributed by atoms with Crippen LogP contribution in [0.5, 0.6) is 0 Å². The Hall–Kier alpha value is -1.06. The number of hydrogen-bond acceptors (Lipinski definition) is 2. The molecule has 0 spiro atoms. The van der Waals surface area contributed by atoms with Gasteiger partial charge in [-0.25, -0.2) is 0 Å². The molecule has 1 aromatic rings. The van der Waals surface area contributed by atoms with Crippen molar-refractivity contribution in [2.24, 2.45) is 0 Å². The Labute approximate surface area is 128 Å². The van der Waals surface area contributed by atoms with Crippen LogP contribution in [-0.2, 0) is 11.2 Å². The average Bonchev–Trinajstić information content (AvgIpc) is 2.41. The Bertz CT molecular complexity index is 419. The molecular formula is C16H25ClN2O. The first-order valence-electron chi connectivity index (χ1n) is 7.22. The monoisotopic (exact) mass is 296 g/mol. The maximum absolute atomic E-state index is 12.1. The summed E-state index contributed by atoms with van der Waals surface area (Å²) in [6.45, 7) is 6.85. The molecule has 1 heterocycles. The molecule has 0 aliphatic carbocycles. The van der Waals surface area contributed by atoms with Crippen LogP contribution in [0.4, 0.5) is 0 Å². The minimum absolute atomic E-state index is 0. The molecule has 1 aliphatic rings. The van der Waals surface area contributed by atoms with Crippen LogP contribution in [0.1, 0.15) is 30.9 Å². The summed E-state index contributed by atoms with van der Waals surface area (Å²) in [4.78, 5) is 14.1. The quantitative estimate of drug-likeness (QED) is 0.926. The topological polar surface area (TPSA) is 32.3 Å². The van der Waals surface area contributed by atoms with Crippen LogP contribution in [0.3, 0.4) is 0 Å². The van der Waals surface area contributed by atoms with E-state index in [-0.39, 0.29) is 12.4 Å². The number of rotatable bonds is 4. The number of carbonyl (C=O) groups is 1. The number of nitrogens with zero attached hydrogens (tertiary/aromatic N) is 1. The fourth-order valence-corrected chi connectivity index (χ4v) is 2.52. The fraction of sp³-hybridized carbons (Fsp3) is 0.562. The number of piperazine rings is 1. The molecule has 1 unspecified atom stereocenters. The van der Waals surface area contributed by atoms with E-state index in [9.17, 15) is 4.79 Å². The number of amides is 1. The van der Waals surface area contributed by atoms with Gasteiger partial charge in [-0.15, -0.1) is 12.4 Å². The van der Waals surface area contributed by atoms with E-state index in [1.54, 1.807) is 0 Å². The molecule has 1 atom stereocenters. The van der Waals surface area contributed by atoms with Crippen molar-refractivity contribution in [3.63, 3.8) is 0 Å². The van der Waals surface area contributed by atoms with Crippen molar-refractivity contribution in [2.45, 2.75) is 39.2 Å².